The van der Waals surface area contributed by atoms with Crippen molar-refractivity contribution < 1.29 is 19.7 Å². The lowest BCUT2D eigenvalue weighted by atomic mass is 9.62. The minimum atomic E-state index is -1.04. The van der Waals surface area contributed by atoms with Crippen LogP contribution >= 0.6 is 0 Å². The number of phenolic OH excluding ortho intramolecular Hbond substituents is 1. The molecule has 0 saturated heterocycles. The molecule has 1 amide bonds. The molecule has 3 N–H and O–H groups in total. The summed E-state index contributed by atoms with van der Waals surface area (Å²) < 4.78 is 5.56. The van der Waals surface area contributed by atoms with Crippen molar-refractivity contribution in [3.8, 4) is 5.75 Å². The van der Waals surface area contributed by atoms with Gasteiger partial charge < -0.3 is 20.3 Å². The first-order valence-corrected chi connectivity index (χ1v) is 7.33. The van der Waals surface area contributed by atoms with Gasteiger partial charge in [0.25, 0.3) is 0 Å². The molecule has 21 heavy (non-hydrogen) atoms. The van der Waals surface area contributed by atoms with E-state index in [1.165, 1.54) is 0 Å². The van der Waals surface area contributed by atoms with Crippen LogP contribution in [0.1, 0.15) is 37.8 Å². The number of fused-ring (bicyclic) bond motifs is 1. The minimum absolute atomic E-state index is 0.210. The van der Waals surface area contributed by atoms with E-state index in [1.807, 2.05) is 19.9 Å². The van der Waals surface area contributed by atoms with E-state index in [9.17, 15) is 15.0 Å². The fraction of sp³-hybridized carbons (Fsp3) is 0.562. The van der Waals surface area contributed by atoms with Crippen molar-refractivity contribution in [2.45, 2.75) is 50.7 Å². The largest absolute Gasteiger partial charge is 0.508 e. The Morgan fingerprint density at radius 2 is 2.10 bits per heavy atom. The Morgan fingerprint density at radius 3 is 2.62 bits per heavy atom. The van der Waals surface area contributed by atoms with E-state index in [2.05, 4.69) is 5.32 Å². The van der Waals surface area contributed by atoms with Crippen LogP contribution in [0, 0.1) is 0 Å². The number of carboxylic acid groups (broad SMARTS) is 1. The number of aromatic hydroxyl groups is 1. The lowest BCUT2D eigenvalue weighted by molar-refractivity contribution is 0.0253. The molecule has 116 valence electrons. The number of benzene rings is 1. The molecule has 1 aromatic carbocycles. The van der Waals surface area contributed by atoms with Gasteiger partial charge in [0, 0.05) is 18.9 Å². The summed E-state index contributed by atoms with van der Waals surface area (Å²) in [5.74, 6) is 0.213. The zero-order chi connectivity index (χ0) is 15.6. The van der Waals surface area contributed by atoms with E-state index >= 15 is 0 Å². The zero-order valence-corrected chi connectivity index (χ0v) is 12.7. The van der Waals surface area contributed by atoms with Gasteiger partial charge in [-0.15, -0.1) is 0 Å². The molecule has 0 heterocycles. The fourth-order valence-corrected chi connectivity index (χ4v) is 3.72. The smallest absolute Gasteiger partial charge is 0.404 e. The first-order chi connectivity index (χ1) is 9.98. The second-order valence-corrected chi connectivity index (χ2v) is 5.61. The number of hydrogen-bond acceptors (Lipinski definition) is 3. The second-order valence-electron chi connectivity index (χ2n) is 5.61. The highest BCUT2D eigenvalue weighted by Gasteiger charge is 2.47. The summed E-state index contributed by atoms with van der Waals surface area (Å²) in [6.07, 6.45) is 0.920. The molecule has 2 atom stereocenters. The Hall–Kier alpha value is -1.75. The number of nitrogens with one attached hydrogen (secondary N) is 1. The van der Waals surface area contributed by atoms with E-state index in [4.69, 9.17) is 4.74 Å². The number of phenols is 1. The standard InChI is InChI=1S/C16H23NO4/c1-4-16(5-2)12-9-11(18)7-6-10(12)8-13(21-3)14(16)17-15(19)20/h6-7,9,13-14,17-18H,4-5,8H2,1-3H3,(H,19,20)/t13-,14-/m0/s1. The Balaban J connectivity index is 2.60. The summed E-state index contributed by atoms with van der Waals surface area (Å²) in [4.78, 5) is 11.2. The Kier molecular flexibility index (Phi) is 4.42. The number of hydrogen-bond donors (Lipinski definition) is 3. The van der Waals surface area contributed by atoms with Crippen LogP contribution in [0.2, 0.25) is 0 Å². The van der Waals surface area contributed by atoms with Crippen LogP contribution < -0.4 is 5.32 Å². The third kappa shape index (κ3) is 2.58. The van der Waals surface area contributed by atoms with E-state index < -0.39 is 6.09 Å². The van der Waals surface area contributed by atoms with E-state index in [-0.39, 0.29) is 23.3 Å². The predicted octanol–water partition coefficient (Wildman–Crippen LogP) is 2.66. The highest BCUT2D eigenvalue weighted by molar-refractivity contribution is 5.66. The quantitative estimate of drug-likeness (QED) is 0.797. The Morgan fingerprint density at radius 1 is 1.43 bits per heavy atom. The average Bonchev–Trinajstić information content (AvgIpc) is 2.47. The maximum absolute atomic E-state index is 11.2. The maximum Gasteiger partial charge on any atom is 0.404 e. The molecule has 5 heteroatoms. The van der Waals surface area contributed by atoms with Crippen LogP contribution in [0.4, 0.5) is 4.79 Å². The van der Waals surface area contributed by atoms with Crippen LogP contribution in [-0.4, -0.2) is 35.6 Å². The number of rotatable bonds is 4. The first kappa shape index (κ1) is 15.6. The molecule has 0 unspecified atom stereocenters. The van der Waals surface area contributed by atoms with Crippen molar-refractivity contribution in [2.75, 3.05) is 7.11 Å². The third-order valence-corrected chi connectivity index (χ3v) is 4.86. The van der Waals surface area contributed by atoms with Gasteiger partial charge in [0.15, 0.2) is 0 Å². The predicted molar refractivity (Wildman–Crippen MR) is 79.8 cm³/mol. The third-order valence-electron chi connectivity index (χ3n) is 4.86. The summed E-state index contributed by atoms with van der Waals surface area (Å²) in [6.45, 7) is 4.10. The highest BCUT2D eigenvalue weighted by Crippen LogP contribution is 2.44. The van der Waals surface area contributed by atoms with E-state index in [0.29, 0.717) is 6.42 Å². The number of carbonyl (C=O) groups is 1. The van der Waals surface area contributed by atoms with Gasteiger partial charge in [0.1, 0.15) is 5.75 Å². The van der Waals surface area contributed by atoms with Gasteiger partial charge in [0.2, 0.25) is 0 Å². The summed E-state index contributed by atoms with van der Waals surface area (Å²) in [6, 6.07) is 5.02. The maximum atomic E-state index is 11.2. The summed E-state index contributed by atoms with van der Waals surface area (Å²) in [5, 5.41) is 21.7. The summed E-state index contributed by atoms with van der Waals surface area (Å²) in [5.41, 5.74) is 1.78. The fourth-order valence-electron chi connectivity index (χ4n) is 3.72. The number of ether oxygens (including phenoxy) is 1. The van der Waals surface area contributed by atoms with Gasteiger partial charge in [0.05, 0.1) is 12.1 Å². The molecule has 0 saturated carbocycles. The van der Waals surface area contributed by atoms with E-state index in [0.717, 1.165) is 24.0 Å². The monoisotopic (exact) mass is 293 g/mol. The summed E-state index contributed by atoms with van der Waals surface area (Å²) in [7, 11) is 1.61. The average molecular weight is 293 g/mol. The number of amides is 1. The van der Waals surface area contributed by atoms with Gasteiger partial charge in [-0.3, -0.25) is 0 Å². The molecule has 0 radical (unpaired) electrons. The SMILES string of the molecule is CCC1(CC)c2cc(O)ccc2C[C@H](OC)[C@@H]1NC(=O)O. The molecule has 1 aromatic rings. The first-order valence-electron chi connectivity index (χ1n) is 7.33. The highest BCUT2D eigenvalue weighted by atomic mass is 16.5. The molecule has 2 rings (SSSR count). The second kappa shape index (κ2) is 5.93. The minimum Gasteiger partial charge on any atom is -0.508 e. The zero-order valence-electron chi connectivity index (χ0n) is 12.7. The topological polar surface area (TPSA) is 78.8 Å². The van der Waals surface area contributed by atoms with Crippen LogP contribution in [0.25, 0.3) is 0 Å². The van der Waals surface area contributed by atoms with Gasteiger partial charge >= 0.3 is 6.09 Å². The van der Waals surface area contributed by atoms with Crippen molar-refractivity contribution >= 4 is 6.09 Å². The van der Waals surface area contributed by atoms with Crippen LogP contribution in [0.5, 0.6) is 5.75 Å². The molecule has 1 aliphatic carbocycles. The molecule has 0 bridgehead atoms. The lowest BCUT2D eigenvalue weighted by Crippen LogP contribution is -2.60. The molecular weight excluding hydrogens is 270 g/mol. The van der Waals surface area contributed by atoms with Crippen LogP contribution in [0.3, 0.4) is 0 Å². The molecule has 0 aromatic heterocycles. The van der Waals surface area contributed by atoms with Crippen molar-refractivity contribution in [2.24, 2.45) is 0 Å². The van der Waals surface area contributed by atoms with E-state index in [1.54, 1.807) is 19.2 Å². The van der Waals surface area contributed by atoms with Crippen LogP contribution in [0.15, 0.2) is 18.2 Å². The summed E-state index contributed by atoms with van der Waals surface area (Å²) >= 11 is 0. The van der Waals surface area contributed by atoms with Crippen molar-refractivity contribution in [3.05, 3.63) is 29.3 Å². The Labute approximate surface area is 124 Å². The van der Waals surface area contributed by atoms with Gasteiger partial charge in [-0.1, -0.05) is 19.9 Å². The van der Waals surface area contributed by atoms with Crippen molar-refractivity contribution in [1.82, 2.24) is 5.32 Å². The van der Waals surface area contributed by atoms with Crippen LogP contribution in [-0.2, 0) is 16.6 Å². The van der Waals surface area contributed by atoms with Gasteiger partial charge in [-0.25, -0.2) is 4.79 Å². The Bertz CT molecular complexity index is 525. The molecule has 0 fully saturated rings. The molecule has 5 nitrogen and oxygen atoms in total. The van der Waals surface area contributed by atoms with Gasteiger partial charge in [-0.2, -0.15) is 0 Å². The molecule has 0 spiro atoms. The molecular formula is C16H23NO4. The normalized spacial score (nSPS) is 23.4. The van der Waals surface area contributed by atoms with Gasteiger partial charge in [-0.05, 0) is 36.1 Å². The molecule has 1 aliphatic rings. The molecule has 0 aliphatic heterocycles. The lowest BCUT2D eigenvalue weighted by Gasteiger charge is -2.48. The number of methoxy groups -OCH3 is 1. The van der Waals surface area contributed by atoms with Crippen molar-refractivity contribution in [3.63, 3.8) is 0 Å². The van der Waals surface area contributed by atoms with Crippen molar-refractivity contribution in [1.29, 1.82) is 0 Å².